The highest BCUT2D eigenvalue weighted by atomic mass is 32.2. The van der Waals surface area contributed by atoms with Crippen molar-refractivity contribution in [2.45, 2.75) is 107 Å². The Morgan fingerprint density at radius 2 is 1.61 bits per heavy atom. The number of carbonyl (C=O) groups is 2. The predicted octanol–water partition coefficient (Wildman–Crippen LogP) is 8.14. The summed E-state index contributed by atoms with van der Waals surface area (Å²) >= 11 is 2.72. The smallest absolute Gasteiger partial charge is 0.316 e. The lowest BCUT2D eigenvalue weighted by atomic mass is 9.93. The van der Waals surface area contributed by atoms with Crippen molar-refractivity contribution in [2.24, 2.45) is 5.92 Å². The Morgan fingerprint density at radius 1 is 1.00 bits per heavy atom. The van der Waals surface area contributed by atoms with Crippen LogP contribution >= 0.6 is 23.1 Å². The van der Waals surface area contributed by atoms with Crippen molar-refractivity contribution in [1.82, 2.24) is 4.98 Å². The third-order valence-electron chi connectivity index (χ3n) is 5.94. The van der Waals surface area contributed by atoms with Gasteiger partial charge in [-0.05, 0) is 38.0 Å². The van der Waals surface area contributed by atoms with E-state index in [4.69, 9.17) is 5.11 Å². The summed E-state index contributed by atoms with van der Waals surface area (Å²) in [6.45, 7) is 6.11. The van der Waals surface area contributed by atoms with Crippen molar-refractivity contribution >= 4 is 50.9 Å². The molecule has 5 nitrogen and oxygen atoms in total. The number of rotatable bonds is 17. The third kappa shape index (κ3) is 10.0. The van der Waals surface area contributed by atoms with Crippen molar-refractivity contribution in [2.75, 3.05) is 5.32 Å². The molecule has 1 heterocycles. The van der Waals surface area contributed by atoms with E-state index in [1.54, 1.807) is 6.92 Å². The van der Waals surface area contributed by atoms with Crippen molar-refractivity contribution in [3.05, 3.63) is 18.2 Å². The van der Waals surface area contributed by atoms with Crippen LogP contribution in [0.25, 0.3) is 10.2 Å². The fraction of sp³-hybridized carbons (Fsp3) is 0.654. The second-order valence-electron chi connectivity index (χ2n) is 8.85. The molecular formula is C26H40N2O3S2. The van der Waals surface area contributed by atoms with Gasteiger partial charge in [0.2, 0.25) is 5.91 Å². The number of hydrogen-bond acceptors (Lipinski definition) is 5. The number of aromatic nitrogens is 1. The second kappa shape index (κ2) is 15.3. The van der Waals surface area contributed by atoms with Gasteiger partial charge in [-0.2, -0.15) is 0 Å². The van der Waals surface area contributed by atoms with Crippen LogP contribution < -0.4 is 5.32 Å². The first-order valence-electron chi connectivity index (χ1n) is 12.6. The van der Waals surface area contributed by atoms with Gasteiger partial charge in [-0.15, -0.1) is 11.3 Å². The van der Waals surface area contributed by atoms with Crippen LogP contribution in [0.1, 0.15) is 97.8 Å². The van der Waals surface area contributed by atoms with Crippen molar-refractivity contribution in [1.29, 1.82) is 0 Å². The predicted molar refractivity (Wildman–Crippen MR) is 141 cm³/mol. The summed E-state index contributed by atoms with van der Waals surface area (Å²) in [5.74, 6) is -0.659. The van der Waals surface area contributed by atoms with E-state index in [2.05, 4.69) is 24.1 Å². The van der Waals surface area contributed by atoms with Gasteiger partial charge in [0.1, 0.15) is 5.25 Å². The molecule has 1 aromatic heterocycles. The number of nitrogens with one attached hydrogen (secondary N) is 1. The van der Waals surface area contributed by atoms with Gasteiger partial charge >= 0.3 is 5.97 Å². The average molecular weight is 493 g/mol. The number of carboxylic acids is 1. The van der Waals surface area contributed by atoms with E-state index in [-0.39, 0.29) is 11.8 Å². The molecule has 2 N–H and O–H groups in total. The van der Waals surface area contributed by atoms with Crippen molar-refractivity contribution < 1.29 is 14.7 Å². The number of amides is 1. The molecule has 1 amide bonds. The molecule has 0 bridgehead atoms. The van der Waals surface area contributed by atoms with E-state index >= 15 is 0 Å². The topological polar surface area (TPSA) is 79.3 Å². The molecule has 0 saturated heterocycles. The van der Waals surface area contributed by atoms with Crippen LogP contribution in [0, 0.1) is 5.92 Å². The minimum Gasteiger partial charge on any atom is -0.480 e. The molecule has 7 heteroatoms. The Kier molecular flexibility index (Phi) is 12.8. The second-order valence-corrected chi connectivity index (χ2v) is 11.5. The van der Waals surface area contributed by atoms with Crippen molar-refractivity contribution in [3.8, 4) is 0 Å². The maximum absolute atomic E-state index is 13.1. The highest BCUT2D eigenvalue weighted by Gasteiger charge is 2.19. The van der Waals surface area contributed by atoms with Gasteiger partial charge in [0.05, 0.1) is 10.2 Å². The molecule has 0 aliphatic rings. The average Bonchev–Trinajstić information content (AvgIpc) is 3.18. The molecule has 2 aromatic rings. The van der Waals surface area contributed by atoms with Crippen LogP contribution in [-0.2, 0) is 9.59 Å². The quantitative estimate of drug-likeness (QED) is 0.172. The minimum atomic E-state index is -0.845. The number of unbranched alkanes of at least 4 members (excludes halogenated alkanes) is 8. The first-order valence-corrected chi connectivity index (χ1v) is 14.2. The SMILES string of the molecule is CCCCCCCCC(CCCCCC)C(=O)Nc1ccc2nc(SC(C)C(=O)O)sc2c1. The highest BCUT2D eigenvalue weighted by Crippen LogP contribution is 2.33. The van der Waals surface area contributed by atoms with Gasteiger partial charge in [-0.1, -0.05) is 89.8 Å². The molecular weight excluding hydrogens is 452 g/mol. The molecule has 0 aliphatic heterocycles. The molecule has 0 saturated carbocycles. The molecule has 0 fully saturated rings. The molecule has 2 atom stereocenters. The number of nitrogens with zero attached hydrogens (tertiary/aromatic N) is 1. The number of hydrogen-bond donors (Lipinski definition) is 2. The van der Waals surface area contributed by atoms with E-state index in [1.165, 1.54) is 74.5 Å². The number of carboxylic acid groups (broad SMARTS) is 1. The summed E-state index contributed by atoms with van der Waals surface area (Å²) in [4.78, 5) is 28.8. The summed E-state index contributed by atoms with van der Waals surface area (Å²) in [6, 6.07) is 5.76. The Bertz CT molecular complexity index is 868. The summed E-state index contributed by atoms with van der Waals surface area (Å²) in [7, 11) is 0. The Labute approximate surface area is 207 Å². The number of fused-ring (bicyclic) bond motifs is 1. The summed E-state index contributed by atoms with van der Waals surface area (Å²) in [6.07, 6.45) is 14.1. The number of carbonyl (C=O) groups excluding carboxylic acids is 1. The first-order chi connectivity index (χ1) is 15.9. The molecule has 0 spiro atoms. The number of anilines is 1. The maximum Gasteiger partial charge on any atom is 0.316 e. The van der Waals surface area contributed by atoms with E-state index in [9.17, 15) is 9.59 Å². The lowest BCUT2D eigenvalue weighted by Crippen LogP contribution is -2.23. The number of thioether (sulfide) groups is 1. The van der Waals surface area contributed by atoms with E-state index in [0.717, 1.165) is 45.9 Å². The van der Waals surface area contributed by atoms with Crippen LogP contribution in [0.4, 0.5) is 5.69 Å². The molecule has 0 aliphatic carbocycles. The van der Waals surface area contributed by atoms with Gasteiger partial charge in [-0.25, -0.2) is 4.98 Å². The Balaban J connectivity index is 1.97. The van der Waals surface area contributed by atoms with Crippen molar-refractivity contribution in [3.63, 3.8) is 0 Å². The fourth-order valence-electron chi connectivity index (χ4n) is 3.87. The van der Waals surface area contributed by atoms with Gasteiger partial charge in [-0.3, -0.25) is 9.59 Å². The van der Waals surface area contributed by atoms with Gasteiger partial charge in [0.15, 0.2) is 4.34 Å². The summed E-state index contributed by atoms with van der Waals surface area (Å²) < 4.78 is 1.70. The van der Waals surface area contributed by atoms with E-state index < -0.39 is 11.2 Å². The molecule has 33 heavy (non-hydrogen) atoms. The molecule has 2 rings (SSSR count). The van der Waals surface area contributed by atoms with Crippen LogP contribution in [-0.4, -0.2) is 27.2 Å². The Hall–Kier alpha value is -1.60. The lowest BCUT2D eigenvalue weighted by Gasteiger charge is -2.17. The zero-order valence-electron chi connectivity index (χ0n) is 20.4. The zero-order chi connectivity index (χ0) is 24.1. The first kappa shape index (κ1) is 27.6. The van der Waals surface area contributed by atoms with Gasteiger partial charge < -0.3 is 10.4 Å². The van der Waals surface area contributed by atoms with Crippen LogP contribution in [0.3, 0.4) is 0 Å². The maximum atomic E-state index is 13.1. The zero-order valence-corrected chi connectivity index (χ0v) is 22.0. The molecule has 0 radical (unpaired) electrons. The van der Waals surface area contributed by atoms with E-state index in [1.807, 2.05) is 18.2 Å². The third-order valence-corrected chi connectivity index (χ3v) is 8.14. The number of benzene rings is 1. The monoisotopic (exact) mass is 492 g/mol. The Morgan fingerprint density at radius 3 is 2.24 bits per heavy atom. The van der Waals surface area contributed by atoms with Crippen LogP contribution in [0.5, 0.6) is 0 Å². The summed E-state index contributed by atoms with van der Waals surface area (Å²) in [5, 5.41) is 11.7. The van der Waals surface area contributed by atoms with Gasteiger partial charge in [0, 0.05) is 11.6 Å². The fourth-order valence-corrected chi connectivity index (χ4v) is 6.06. The molecule has 184 valence electrons. The normalized spacial score (nSPS) is 13.2. The number of thiazole rings is 1. The highest BCUT2D eigenvalue weighted by molar-refractivity contribution is 8.02. The summed E-state index contributed by atoms with van der Waals surface area (Å²) in [5.41, 5.74) is 1.63. The lowest BCUT2D eigenvalue weighted by molar-refractivity contribution is -0.136. The number of aliphatic carboxylic acids is 1. The standard InChI is InChI=1S/C26H40N2O3S2/c1-4-6-8-10-11-13-15-20(14-12-9-7-5-2)24(29)27-21-16-17-22-23(18-21)33-26(28-22)32-19(3)25(30)31/h16-20H,4-15H2,1-3H3,(H,27,29)(H,30,31). The van der Waals surface area contributed by atoms with Crippen LogP contribution in [0.15, 0.2) is 22.5 Å². The van der Waals surface area contributed by atoms with E-state index in [0.29, 0.717) is 0 Å². The molecule has 1 aromatic carbocycles. The largest absolute Gasteiger partial charge is 0.480 e. The minimum absolute atomic E-state index is 0.0627. The van der Waals surface area contributed by atoms with Gasteiger partial charge in [0.25, 0.3) is 0 Å². The molecule has 2 unspecified atom stereocenters. The van der Waals surface area contributed by atoms with Crippen LogP contribution in [0.2, 0.25) is 0 Å².